The first kappa shape index (κ1) is 5.39. The van der Waals surface area contributed by atoms with E-state index in [2.05, 4.69) is 0 Å². The Morgan fingerprint density at radius 3 is 1.80 bits per heavy atom. The van der Waals surface area contributed by atoms with E-state index in [0.717, 1.165) is 0 Å². The molecule has 0 saturated carbocycles. The predicted octanol–water partition coefficient (Wildman–Crippen LogP) is 0.981. The standard InChI is InChI=1S/C3H9OP/c1-3(2)5-4/h3-5H,1-2H3. The molecular weight excluding hydrogens is 83.0 g/mol. The van der Waals surface area contributed by atoms with E-state index in [1.54, 1.807) is 0 Å². The molecule has 1 atom stereocenters. The van der Waals surface area contributed by atoms with Crippen LogP contribution in [0, 0.1) is 0 Å². The molecule has 0 aliphatic heterocycles. The fourth-order valence-corrected chi connectivity index (χ4v) is 0. The fourth-order valence-electron chi connectivity index (χ4n) is 0. The Kier molecular flexibility index (Phi) is 2.82. The third-order valence-electron chi connectivity index (χ3n) is 0.258. The van der Waals surface area contributed by atoms with Crippen LogP contribution in [0.15, 0.2) is 0 Å². The van der Waals surface area contributed by atoms with Gasteiger partial charge < -0.3 is 4.89 Å². The van der Waals surface area contributed by atoms with Gasteiger partial charge in [-0.15, -0.1) is 0 Å². The van der Waals surface area contributed by atoms with Crippen LogP contribution in [0.2, 0.25) is 0 Å². The van der Waals surface area contributed by atoms with Crippen molar-refractivity contribution in [2.45, 2.75) is 19.5 Å². The van der Waals surface area contributed by atoms with Crippen LogP contribution in [-0.2, 0) is 0 Å². The third-order valence-corrected chi connectivity index (χ3v) is 0.775. The Bertz CT molecular complexity index is 20.9. The maximum atomic E-state index is 8.17. The minimum Gasteiger partial charge on any atom is -0.377 e. The second kappa shape index (κ2) is 2.62. The van der Waals surface area contributed by atoms with Crippen LogP contribution in [0.1, 0.15) is 13.8 Å². The first-order valence-electron chi connectivity index (χ1n) is 1.67. The zero-order chi connectivity index (χ0) is 4.28. The summed E-state index contributed by atoms with van der Waals surface area (Å²) in [5.41, 5.74) is 0.468. The molecule has 0 amide bonds. The van der Waals surface area contributed by atoms with Gasteiger partial charge in [0, 0.05) is 8.81 Å². The van der Waals surface area contributed by atoms with Gasteiger partial charge >= 0.3 is 0 Å². The first-order valence-corrected chi connectivity index (χ1v) is 2.69. The summed E-state index contributed by atoms with van der Waals surface area (Å²) in [5.74, 6) is 0. The SMILES string of the molecule is CC(C)PO. The molecule has 1 nitrogen and oxygen atoms in total. The van der Waals surface area contributed by atoms with Crippen molar-refractivity contribution < 1.29 is 4.89 Å². The molecule has 0 aromatic heterocycles. The molecule has 0 spiro atoms. The normalized spacial score (nSPS) is 12.0. The zero-order valence-corrected chi connectivity index (χ0v) is 4.52. The summed E-state index contributed by atoms with van der Waals surface area (Å²) in [4.78, 5) is 8.17. The molecule has 32 valence electrons. The Morgan fingerprint density at radius 2 is 1.80 bits per heavy atom. The van der Waals surface area contributed by atoms with Crippen molar-refractivity contribution in [3.05, 3.63) is 0 Å². The summed E-state index contributed by atoms with van der Waals surface area (Å²) in [6.07, 6.45) is 0. The lowest BCUT2D eigenvalue weighted by Crippen LogP contribution is -1.76. The van der Waals surface area contributed by atoms with E-state index in [9.17, 15) is 0 Å². The summed E-state index contributed by atoms with van der Waals surface area (Å²) in [7, 11) is 0.114. The minimum atomic E-state index is 0.114. The lowest BCUT2D eigenvalue weighted by molar-refractivity contribution is 0.635. The topological polar surface area (TPSA) is 20.2 Å². The van der Waals surface area contributed by atoms with E-state index in [0.29, 0.717) is 5.66 Å². The summed E-state index contributed by atoms with van der Waals surface area (Å²) in [5, 5.41) is 0. The molecule has 0 heterocycles. The van der Waals surface area contributed by atoms with Crippen molar-refractivity contribution in [2.24, 2.45) is 0 Å². The molecular formula is C3H9OP. The van der Waals surface area contributed by atoms with Crippen molar-refractivity contribution >= 4 is 8.81 Å². The third kappa shape index (κ3) is 4.39. The monoisotopic (exact) mass is 92.0 g/mol. The first-order chi connectivity index (χ1) is 2.27. The fraction of sp³-hybridized carbons (Fsp3) is 1.00. The molecule has 0 aliphatic rings. The van der Waals surface area contributed by atoms with Gasteiger partial charge in [-0.05, 0) is 5.66 Å². The highest BCUT2D eigenvalue weighted by Crippen LogP contribution is 2.08. The second-order valence-corrected chi connectivity index (χ2v) is 2.70. The highest BCUT2D eigenvalue weighted by atomic mass is 31.1. The quantitative estimate of drug-likeness (QED) is 0.478. The van der Waals surface area contributed by atoms with Crippen molar-refractivity contribution in [3.63, 3.8) is 0 Å². The smallest absolute Gasteiger partial charge is 0.0133 e. The van der Waals surface area contributed by atoms with Crippen LogP contribution in [-0.4, -0.2) is 10.6 Å². The molecule has 2 heteroatoms. The van der Waals surface area contributed by atoms with Gasteiger partial charge in [0.15, 0.2) is 0 Å². The molecule has 0 aliphatic carbocycles. The van der Waals surface area contributed by atoms with Crippen LogP contribution in [0.4, 0.5) is 0 Å². The van der Waals surface area contributed by atoms with E-state index in [-0.39, 0.29) is 8.81 Å². The van der Waals surface area contributed by atoms with Gasteiger partial charge in [0.1, 0.15) is 0 Å². The van der Waals surface area contributed by atoms with E-state index >= 15 is 0 Å². The average molecular weight is 92.1 g/mol. The summed E-state index contributed by atoms with van der Waals surface area (Å²) in [6.45, 7) is 3.97. The van der Waals surface area contributed by atoms with Gasteiger partial charge in [0.25, 0.3) is 0 Å². The zero-order valence-electron chi connectivity index (χ0n) is 3.52. The van der Waals surface area contributed by atoms with E-state index in [1.807, 2.05) is 13.8 Å². The number of hydrogen-bond donors (Lipinski definition) is 1. The van der Waals surface area contributed by atoms with Crippen LogP contribution < -0.4 is 0 Å². The van der Waals surface area contributed by atoms with Gasteiger partial charge in [-0.1, -0.05) is 13.8 Å². The summed E-state index contributed by atoms with van der Waals surface area (Å²) < 4.78 is 0. The van der Waals surface area contributed by atoms with Crippen molar-refractivity contribution in [1.82, 2.24) is 0 Å². The number of hydrogen-bond acceptors (Lipinski definition) is 1. The lowest BCUT2D eigenvalue weighted by Gasteiger charge is -1.89. The van der Waals surface area contributed by atoms with Gasteiger partial charge in [-0.25, -0.2) is 0 Å². The molecule has 0 radical (unpaired) electrons. The molecule has 0 rings (SSSR count). The van der Waals surface area contributed by atoms with Crippen LogP contribution in [0.3, 0.4) is 0 Å². The minimum absolute atomic E-state index is 0.114. The molecule has 0 aromatic rings. The van der Waals surface area contributed by atoms with Crippen molar-refractivity contribution in [2.75, 3.05) is 0 Å². The molecule has 0 fully saturated rings. The van der Waals surface area contributed by atoms with Crippen LogP contribution in [0.25, 0.3) is 0 Å². The highest BCUT2D eigenvalue weighted by molar-refractivity contribution is 7.31. The highest BCUT2D eigenvalue weighted by Gasteiger charge is 1.81. The van der Waals surface area contributed by atoms with Crippen LogP contribution >= 0.6 is 8.81 Å². The second-order valence-electron chi connectivity index (χ2n) is 1.28. The lowest BCUT2D eigenvalue weighted by atomic mass is 10.6. The van der Waals surface area contributed by atoms with Gasteiger partial charge in [0.05, 0.1) is 0 Å². The predicted molar refractivity (Wildman–Crippen MR) is 25.7 cm³/mol. The molecule has 1 unspecified atom stereocenters. The van der Waals surface area contributed by atoms with Gasteiger partial charge in [-0.2, -0.15) is 0 Å². The Morgan fingerprint density at radius 1 is 1.60 bits per heavy atom. The molecule has 0 aromatic carbocycles. The van der Waals surface area contributed by atoms with Crippen LogP contribution in [0.5, 0.6) is 0 Å². The van der Waals surface area contributed by atoms with Crippen molar-refractivity contribution in [1.29, 1.82) is 0 Å². The molecule has 0 saturated heterocycles. The average Bonchev–Trinajstić information content (AvgIpc) is 1.38. The summed E-state index contributed by atoms with van der Waals surface area (Å²) >= 11 is 0. The van der Waals surface area contributed by atoms with E-state index < -0.39 is 0 Å². The Balaban J connectivity index is 2.54. The molecule has 1 N–H and O–H groups in total. The maximum Gasteiger partial charge on any atom is 0.0133 e. The largest absolute Gasteiger partial charge is 0.377 e. The van der Waals surface area contributed by atoms with Crippen molar-refractivity contribution in [3.8, 4) is 0 Å². The van der Waals surface area contributed by atoms with Gasteiger partial charge in [-0.3, -0.25) is 0 Å². The van der Waals surface area contributed by atoms with E-state index in [4.69, 9.17) is 4.89 Å². The molecule has 0 bridgehead atoms. The van der Waals surface area contributed by atoms with Gasteiger partial charge in [0.2, 0.25) is 0 Å². The Labute approximate surface area is 34.3 Å². The molecule has 5 heavy (non-hydrogen) atoms. The summed E-state index contributed by atoms with van der Waals surface area (Å²) in [6, 6.07) is 0. The Hall–Kier alpha value is 0.390. The number of rotatable bonds is 1. The maximum absolute atomic E-state index is 8.17. The van der Waals surface area contributed by atoms with E-state index in [1.165, 1.54) is 0 Å².